The smallest absolute Gasteiger partial charge is 0.119 e. The van der Waals surface area contributed by atoms with Crippen molar-refractivity contribution in [1.29, 1.82) is 0 Å². The van der Waals surface area contributed by atoms with Crippen LogP contribution in [0.1, 0.15) is 35.3 Å². The summed E-state index contributed by atoms with van der Waals surface area (Å²) in [5.41, 5.74) is 6.92. The monoisotopic (exact) mass is 385 g/mol. The summed E-state index contributed by atoms with van der Waals surface area (Å²) >= 11 is 0. The van der Waals surface area contributed by atoms with E-state index in [9.17, 15) is 0 Å². The second kappa shape index (κ2) is 8.08. The van der Waals surface area contributed by atoms with Crippen molar-refractivity contribution in [1.82, 2.24) is 14.8 Å². The molecule has 0 saturated carbocycles. The Balaban J connectivity index is 1.78. The predicted molar refractivity (Wildman–Crippen MR) is 118 cm³/mol. The zero-order valence-electron chi connectivity index (χ0n) is 17.6. The summed E-state index contributed by atoms with van der Waals surface area (Å²) in [7, 11) is 0. The first-order chi connectivity index (χ1) is 14.1. The van der Waals surface area contributed by atoms with Crippen molar-refractivity contribution in [3.63, 3.8) is 0 Å². The number of fused-ring (bicyclic) bond motifs is 1. The molecule has 0 bridgehead atoms. The van der Waals surface area contributed by atoms with Crippen LogP contribution < -0.4 is 4.74 Å². The van der Waals surface area contributed by atoms with Crippen LogP contribution in [0.4, 0.5) is 0 Å². The molecule has 0 fully saturated rings. The second-order valence-electron chi connectivity index (χ2n) is 7.40. The van der Waals surface area contributed by atoms with Crippen molar-refractivity contribution < 1.29 is 4.74 Å². The molecular weight excluding hydrogens is 358 g/mol. The van der Waals surface area contributed by atoms with Crippen LogP contribution in [0.15, 0.2) is 54.6 Å². The number of rotatable bonds is 6. The molecule has 148 valence electrons. The Morgan fingerprint density at radius 3 is 2.17 bits per heavy atom. The molecular formula is C25H27N3O. The zero-order chi connectivity index (χ0) is 20.4. The molecule has 4 nitrogen and oxygen atoms in total. The fourth-order valence-corrected chi connectivity index (χ4v) is 4.20. The first kappa shape index (κ1) is 19.2. The quantitative estimate of drug-likeness (QED) is 0.438. The van der Waals surface area contributed by atoms with Gasteiger partial charge in [-0.25, -0.2) is 0 Å². The standard InChI is InChI=1S/C25H27N3O/c1-5-29-22-14-12-21(13-15-22)28-18(3)24-17(2)26-27-23(25(24)19(28)4)16-11-20-9-7-6-8-10-20/h6-10,12-15H,5,11,16H2,1-4H3. The molecule has 29 heavy (non-hydrogen) atoms. The van der Waals surface area contributed by atoms with E-state index in [-0.39, 0.29) is 0 Å². The predicted octanol–water partition coefficient (Wildman–Crippen LogP) is 5.53. The molecule has 4 aromatic rings. The minimum Gasteiger partial charge on any atom is -0.494 e. The Kier molecular flexibility index (Phi) is 5.34. The Hall–Kier alpha value is -3.14. The number of ether oxygens (including phenoxy) is 1. The van der Waals surface area contributed by atoms with Crippen LogP contribution in [-0.2, 0) is 12.8 Å². The first-order valence-electron chi connectivity index (χ1n) is 10.2. The molecule has 0 aliphatic heterocycles. The highest BCUT2D eigenvalue weighted by Gasteiger charge is 2.19. The van der Waals surface area contributed by atoms with Crippen LogP contribution in [0.2, 0.25) is 0 Å². The highest BCUT2D eigenvalue weighted by molar-refractivity contribution is 5.92. The van der Waals surface area contributed by atoms with Gasteiger partial charge in [0, 0.05) is 27.8 Å². The van der Waals surface area contributed by atoms with Crippen LogP contribution in [0.5, 0.6) is 5.75 Å². The minimum absolute atomic E-state index is 0.673. The van der Waals surface area contributed by atoms with Gasteiger partial charge in [0.05, 0.1) is 18.0 Å². The zero-order valence-corrected chi connectivity index (χ0v) is 17.6. The topological polar surface area (TPSA) is 39.9 Å². The third-order valence-corrected chi connectivity index (χ3v) is 5.51. The molecule has 0 unspecified atom stereocenters. The van der Waals surface area contributed by atoms with Crippen molar-refractivity contribution in [2.75, 3.05) is 6.61 Å². The van der Waals surface area contributed by atoms with E-state index in [0.717, 1.165) is 35.7 Å². The lowest BCUT2D eigenvalue weighted by Gasteiger charge is -2.11. The van der Waals surface area contributed by atoms with Gasteiger partial charge in [0.2, 0.25) is 0 Å². The Labute approximate surface area is 172 Å². The van der Waals surface area contributed by atoms with Gasteiger partial charge in [-0.05, 0) is 70.4 Å². The molecule has 0 N–H and O–H groups in total. The Morgan fingerprint density at radius 2 is 1.48 bits per heavy atom. The molecule has 4 rings (SSSR count). The average Bonchev–Trinajstić information content (AvgIpc) is 3.01. The molecule has 0 saturated heterocycles. The maximum absolute atomic E-state index is 5.60. The van der Waals surface area contributed by atoms with Crippen LogP contribution in [0.3, 0.4) is 0 Å². The van der Waals surface area contributed by atoms with Gasteiger partial charge in [-0.2, -0.15) is 10.2 Å². The van der Waals surface area contributed by atoms with Crippen molar-refractivity contribution in [2.45, 2.75) is 40.5 Å². The van der Waals surface area contributed by atoms with E-state index in [0.29, 0.717) is 6.61 Å². The van der Waals surface area contributed by atoms with Crippen molar-refractivity contribution >= 4 is 10.8 Å². The summed E-state index contributed by atoms with van der Waals surface area (Å²) in [4.78, 5) is 0. The molecule has 0 spiro atoms. The molecule has 0 amide bonds. The van der Waals surface area contributed by atoms with E-state index >= 15 is 0 Å². The highest BCUT2D eigenvalue weighted by atomic mass is 16.5. The van der Waals surface area contributed by atoms with E-state index in [1.807, 2.05) is 26.0 Å². The van der Waals surface area contributed by atoms with Gasteiger partial charge in [-0.3, -0.25) is 0 Å². The fourth-order valence-electron chi connectivity index (χ4n) is 4.20. The molecule has 0 atom stereocenters. The summed E-state index contributed by atoms with van der Waals surface area (Å²) in [5.74, 6) is 0.895. The Bertz CT molecular complexity index is 1130. The Morgan fingerprint density at radius 1 is 0.793 bits per heavy atom. The summed E-state index contributed by atoms with van der Waals surface area (Å²) in [6, 6.07) is 18.9. The molecule has 2 aromatic heterocycles. The number of hydrogen-bond acceptors (Lipinski definition) is 3. The van der Waals surface area contributed by atoms with Gasteiger partial charge in [0.25, 0.3) is 0 Å². The van der Waals surface area contributed by atoms with Gasteiger partial charge >= 0.3 is 0 Å². The van der Waals surface area contributed by atoms with Crippen LogP contribution in [0.25, 0.3) is 16.5 Å². The van der Waals surface area contributed by atoms with Gasteiger partial charge in [-0.1, -0.05) is 30.3 Å². The number of nitrogens with zero attached hydrogens (tertiary/aromatic N) is 3. The van der Waals surface area contributed by atoms with E-state index < -0.39 is 0 Å². The van der Waals surface area contributed by atoms with Crippen molar-refractivity contribution in [3.8, 4) is 11.4 Å². The van der Waals surface area contributed by atoms with E-state index in [1.54, 1.807) is 0 Å². The van der Waals surface area contributed by atoms with Crippen molar-refractivity contribution in [3.05, 3.63) is 82.9 Å². The van der Waals surface area contributed by atoms with E-state index in [4.69, 9.17) is 4.74 Å². The number of aryl methyl sites for hydroxylation is 5. The third kappa shape index (κ3) is 3.63. The lowest BCUT2D eigenvalue weighted by molar-refractivity contribution is 0.340. The van der Waals surface area contributed by atoms with Crippen LogP contribution in [-0.4, -0.2) is 21.4 Å². The molecule has 0 aliphatic rings. The second-order valence-corrected chi connectivity index (χ2v) is 7.40. The largest absolute Gasteiger partial charge is 0.494 e. The lowest BCUT2D eigenvalue weighted by Crippen LogP contribution is -2.00. The van der Waals surface area contributed by atoms with E-state index in [2.05, 4.69) is 71.1 Å². The van der Waals surface area contributed by atoms with Crippen molar-refractivity contribution in [2.24, 2.45) is 0 Å². The molecule has 2 heterocycles. The van der Waals surface area contributed by atoms with Gasteiger partial charge in [-0.15, -0.1) is 0 Å². The maximum atomic E-state index is 5.60. The summed E-state index contributed by atoms with van der Waals surface area (Å²) in [6.45, 7) is 9.07. The average molecular weight is 386 g/mol. The first-order valence-corrected chi connectivity index (χ1v) is 10.2. The number of hydrogen-bond donors (Lipinski definition) is 0. The third-order valence-electron chi connectivity index (χ3n) is 5.51. The summed E-state index contributed by atoms with van der Waals surface area (Å²) < 4.78 is 7.91. The minimum atomic E-state index is 0.673. The van der Waals surface area contributed by atoms with E-state index in [1.165, 1.54) is 27.7 Å². The van der Waals surface area contributed by atoms with Crippen LogP contribution >= 0.6 is 0 Å². The fraction of sp³-hybridized carbons (Fsp3) is 0.280. The molecule has 0 aliphatic carbocycles. The lowest BCUT2D eigenvalue weighted by atomic mass is 10.0. The maximum Gasteiger partial charge on any atom is 0.119 e. The number of benzene rings is 2. The van der Waals surface area contributed by atoms with Gasteiger partial charge < -0.3 is 9.30 Å². The molecule has 4 heteroatoms. The highest BCUT2D eigenvalue weighted by Crippen LogP contribution is 2.32. The number of aromatic nitrogens is 3. The summed E-state index contributed by atoms with van der Waals surface area (Å²) in [6.07, 6.45) is 1.84. The normalized spacial score (nSPS) is 11.2. The summed E-state index contributed by atoms with van der Waals surface area (Å²) in [5, 5.41) is 11.5. The SMILES string of the molecule is CCOc1ccc(-n2c(C)c3c(C)nnc(CCc4ccccc4)c3c2C)cc1. The molecule has 0 radical (unpaired) electrons. The molecule has 2 aromatic carbocycles. The van der Waals surface area contributed by atoms with Crippen LogP contribution in [0, 0.1) is 20.8 Å². The van der Waals surface area contributed by atoms with Gasteiger partial charge in [0.1, 0.15) is 5.75 Å². The van der Waals surface area contributed by atoms with Gasteiger partial charge in [0.15, 0.2) is 0 Å².